The first-order valence-electron chi connectivity index (χ1n) is 9.95. The quantitative estimate of drug-likeness (QED) is 0.788. The molecule has 0 aromatic carbocycles. The lowest BCUT2D eigenvalue weighted by Gasteiger charge is -2.29. The van der Waals surface area contributed by atoms with E-state index in [-0.39, 0.29) is 6.10 Å². The molecule has 2 aromatic rings. The van der Waals surface area contributed by atoms with Gasteiger partial charge in [-0.05, 0) is 57.3 Å². The van der Waals surface area contributed by atoms with Gasteiger partial charge in [-0.1, -0.05) is 19.0 Å². The molecule has 2 aliphatic heterocycles. The second kappa shape index (κ2) is 7.92. The fourth-order valence-electron chi connectivity index (χ4n) is 3.82. The summed E-state index contributed by atoms with van der Waals surface area (Å²) in [7, 11) is 0. The summed E-state index contributed by atoms with van der Waals surface area (Å²) >= 11 is 0. The fraction of sp³-hybridized carbons (Fsp3) is 0.700. The van der Waals surface area contributed by atoms with Crippen LogP contribution in [-0.2, 0) is 11.3 Å². The Morgan fingerprint density at radius 1 is 1.15 bits per heavy atom. The van der Waals surface area contributed by atoms with Crippen molar-refractivity contribution in [3.63, 3.8) is 0 Å². The Balaban J connectivity index is 1.29. The van der Waals surface area contributed by atoms with E-state index >= 15 is 0 Å². The molecule has 0 saturated carbocycles. The van der Waals surface area contributed by atoms with Gasteiger partial charge in [0.1, 0.15) is 17.6 Å². The lowest BCUT2D eigenvalue weighted by atomic mass is 9.96. The Morgan fingerprint density at radius 3 is 2.69 bits per heavy atom. The van der Waals surface area contributed by atoms with Crippen LogP contribution >= 0.6 is 0 Å². The van der Waals surface area contributed by atoms with Crippen LogP contribution in [0, 0.1) is 0 Å². The van der Waals surface area contributed by atoms with Crippen molar-refractivity contribution in [1.29, 1.82) is 0 Å². The smallest absolute Gasteiger partial charge is 0.229 e. The number of hydrogen-bond acceptors (Lipinski definition) is 6. The van der Waals surface area contributed by atoms with E-state index in [1.165, 1.54) is 6.42 Å². The number of nitrogens with zero attached hydrogens (tertiary/aromatic N) is 3. The van der Waals surface area contributed by atoms with Gasteiger partial charge < -0.3 is 13.7 Å². The average molecular weight is 359 g/mol. The SMILES string of the molecule is CC(C)c1noc(C2CCN(Cc3ccc(C4CCCCO4)o3)CC2)n1. The fourth-order valence-corrected chi connectivity index (χ4v) is 3.82. The highest BCUT2D eigenvalue weighted by Crippen LogP contribution is 2.31. The molecule has 0 N–H and O–H groups in total. The van der Waals surface area contributed by atoms with Crippen LogP contribution < -0.4 is 0 Å². The first kappa shape index (κ1) is 17.7. The summed E-state index contributed by atoms with van der Waals surface area (Å²) in [5.74, 6) is 4.34. The van der Waals surface area contributed by atoms with Crippen molar-refractivity contribution in [3.05, 3.63) is 35.4 Å². The molecule has 2 aromatic heterocycles. The van der Waals surface area contributed by atoms with Crippen molar-refractivity contribution in [1.82, 2.24) is 15.0 Å². The molecule has 1 unspecified atom stereocenters. The van der Waals surface area contributed by atoms with Crippen LogP contribution in [0.1, 0.15) is 87.1 Å². The van der Waals surface area contributed by atoms with Gasteiger partial charge in [0.15, 0.2) is 5.82 Å². The largest absolute Gasteiger partial charge is 0.462 e. The highest BCUT2D eigenvalue weighted by molar-refractivity contribution is 5.10. The number of aromatic nitrogens is 2. The van der Waals surface area contributed by atoms with Gasteiger partial charge in [0.25, 0.3) is 0 Å². The van der Waals surface area contributed by atoms with Crippen LogP contribution in [0.3, 0.4) is 0 Å². The first-order chi connectivity index (χ1) is 12.7. The zero-order chi connectivity index (χ0) is 17.9. The summed E-state index contributed by atoms with van der Waals surface area (Å²) in [4.78, 5) is 7.01. The third kappa shape index (κ3) is 4.01. The second-order valence-electron chi connectivity index (χ2n) is 7.86. The Hall–Kier alpha value is -1.66. The van der Waals surface area contributed by atoms with Crippen molar-refractivity contribution in [2.75, 3.05) is 19.7 Å². The zero-order valence-electron chi connectivity index (χ0n) is 15.8. The average Bonchev–Trinajstić information content (AvgIpc) is 3.33. The molecule has 2 aliphatic rings. The number of likely N-dealkylation sites (tertiary alicyclic amines) is 1. The topological polar surface area (TPSA) is 64.5 Å². The lowest BCUT2D eigenvalue weighted by Crippen LogP contribution is -2.32. The monoisotopic (exact) mass is 359 g/mol. The maximum Gasteiger partial charge on any atom is 0.229 e. The predicted octanol–water partition coefficient (Wildman–Crippen LogP) is 4.41. The Labute approximate surface area is 154 Å². The molecular formula is C20H29N3O3. The Morgan fingerprint density at radius 2 is 2.00 bits per heavy atom. The van der Waals surface area contributed by atoms with Crippen LogP contribution in [-0.4, -0.2) is 34.7 Å². The molecule has 0 amide bonds. The molecule has 1 atom stereocenters. The number of furan rings is 1. The molecule has 6 nitrogen and oxygen atoms in total. The number of piperidine rings is 1. The highest BCUT2D eigenvalue weighted by Gasteiger charge is 2.26. The van der Waals surface area contributed by atoms with Gasteiger partial charge >= 0.3 is 0 Å². The number of hydrogen-bond donors (Lipinski definition) is 0. The van der Waals surface area contributed by atoms with Crippen LogP contribution in [0.15, 0.2) is 21.1 Å². The third-order valence-corrected chi connectivity index (χ3v) is 5.47. The molecule has 0 spiro atoms. The van der Waals surface area contributed by atoms with Crippen molar-refractivity contribution in [3.8, 4) is 0 Å². The van der Waals surface area contributed by atoms with Crippen LogP contribution in [0.5, 0.6) is 0 Å². The Kier molecular flexibility index (Phi) is 5.41. The van der Waals surface area contributed by atoms with E-state index in [2.05, 4.69) is 41.0 Å². The molecule has 4 rings (SSSR count). The Bertz CT molecular complexity index is 695. The molecule has 142 valence electrons. The standard InChI is InChI=1S/C20H29N3O3/c1-14(2)19-21-20(26-22-19)15-8-10-23(11-9-15)13-16-6-7-18(25-16)17-5-3-4-12-24-17/h6-7,14-15,17H,3-5,8-13H2,1-2H3. The molecule has 4 heterocycles. The second-order valence-corrected chi connectivity index (χ2v) is 7.86. The molecule has 26 heavy (non-hydrogen) atoms. The van der Waals surface area contributed by atoms with E-state index in [0.29, 0.717) is 11.8 Å². The third-order valence-electron chi connectivity index (χ3n) is 5.47. The van der Waals surface area contributed by atoms with Gasteiger partial charge in [0.2, 0.25) is 5.89 Å². The summed E-state index contributed by atoms with van der Waals surface area (Å²) in [5, 5.41) is 4.10. The first-order valence-corrected chi connectivity index (χ1v) is 9.95. The zero-order valence-corrected chi connectivity index (χ0v) is 15.8. The van der Waals surface area contributed by atoms with E-state index < -0.39 is 0 Å². The van der Waals surface area contributed by atoms with E-state index in [1.54, 1.807) is 0 Å². The van der Waals surface area contributed by atoms with Gasteiger partial charge in [-0.15, -0.1) is 0 Å². The molecule has 6 heteroatoms. The van der Waals surface area contributed by atoms with Crippen LogP contribution in [0.2, 0.25) is 0 Å². The molecule has 0 aliphatic carbocycles. The van der Waals surface area contributed by atoms with Gasteiger partial charge in [-0.25, -0.2) is 0 Å². The summed E-state index contributed by atoms with van der Waals surface area (Å²) in [6.45, 7) is 7.95. The van der Waals surface area contributed by atoms with Gasteiger partial charge in [0.05, 0.1) is 6.54 Å². The minimum absolute atomic E-state index is 0.149. The van der Waals surface area contributed by atoms with Crippen molar-refractivity contribution in [2.24, 2.45) is 0 Å². The van der Waals surface area contributed by atoms with Crippen LogP contribution in [0.25, 0.3) is 0 Å². The number of rotatable bonds is 5. The van der Waals surface area contributed by atoms with Gasteiger partial charge in [-0.3, -0.25) is 4.90 Å². The van der Waals surface area contributed by atoms with Crippen molar-refractivity contribution >= 4 is 0 Å². The van der Waals surface area contributed by atoms with Crippen LogP contribution in [0.4, 0.5) is 0 Å². The van der Waals surface area contributed by atoms with Crippen molar-refractivity contribution in [2.45, 2.75) is 70.4 Å². The molecule has 0 bridgehead atoms. The lowest BCUT2D eigenvalue weighted by molar-refractivity contribution is 0.000754. The normalized spacial score (nSPS) is 23.0. The van der Waals surface area contributed by atoms with Gasteiger partial charge in [0, 0.05) is 18.4 Å². The minimum Gasteiger partial charge on any atom is -0.462 e. The molecular weight excluding hydrogens is 330 g/mol. The van der Waals surface area contributed by atoms with E-state index in [9.17, 15) is 0 Å². The molecule has 0 radical (unpaired) electrons. The minimum atomic E-state index is 0.149. The number of ether oxygens (including phenoxy) is 1. The molecule has 2 saturated heterocycles. The summed E-state index contributed by atoms with van der Waals surface area (Å²) in [6.07, 6.45) is 5.72. The highest BCUT2D eigenvalue weighted by atomic mass is 16.5. The van der Waals surface area contributed by atoms with E-state index in [4.69, 9.17) is 13.7 Å². The summed E-state index contributed by atoms with van der Waals surface area (Å²) in [6, 6.07) is 4.19. The van der Waals surface area contributed by atoms with Crippen molar-refractivity contribution < 1.29 is 13.7 Å². The predicted molar refractivity (Wildman–Crippen MR) is 96.9 cm³/mol. The van der Waals surface area contributed by atoms with Gasteiger partial charge in [-0.2, -0.15) is 4.98 Å². The molecule has 2 fully saturated rings. The maximum absolute atomic E-state index is 6.06. The van der Waals surface area contributed by atoms with E-state index in [0.717, 1.165) is 75.2 Å². The summed E-state index contributed by atoms with van der Waals surface area (Å²) in [5.41, 5.74) is 0. The maximum atomic E-state index is 6.06. The van der Waals surface area contributed by atoms with E-state index in [1.807, 2.05) is 0 Å². The summed E-state index contributed by atoms with van der Waals surface area (Å²) < 4.78 is 17.4.